The van der Waals surface area contributed by atoms with Crippen molar-refractivity contribution in [2.24, 2.45) is 0 Å². The molecule has 5 heteroatoms. The molecule has 0 unspecified atom stereocenters. The van der Waals surface area contributed by atoms with Crippen LogP contribution >= 0.6 is 11.6 Å². The van der Waals surface area contributed by atoms with Gasteiger partial charge in [-0.1, -0.05) is 30.7 Å². The summed E-state index contributed by atoms with van der Waals surface area (Å²) in [6.07, 6.45) is 1.28. The van der Waals surface area contributed by atoms with Crippen molar-refractivity contribution >= 4 is 29.1 Å². The lowest BCUT2D eigenvalue weighted by atomic mass is 10.1. The number of hydrogen-bond acceptors (Lipinski definition) is 2. The predicted octanol–water partition coefficient (Wildman–Crippen LogP) is 3.57. The number of anilines is 1. The van der Waals surface area contributed by atoms with Crippen molar-refractivity contribution in [3.63, 3.8) is 0 Å². The first kappa shape index (κ1) is 16.5. The quantitative estimate of drug-likeness (QED) is 0.903. The SMILES string of the molecule is CCCN1C(=O)Cc2cc(C(=O)NCc3ccc(Cl)cc3)ccc21. The fraction of sp³-hybridized carbons (Fsp3) is 0.263. The topological polar surface area (TPSA) is 49.4 Å². The molecule has 1 N–H and O–H groups in total. The molecule has 0 atom stereocenters. The second-order valence-electron chi connectivity index (χ2n) is 5.87. The molecule has 0 spiro atoms. The van der Waals surface area contributed by atoms with Crippen molar-refractivity contribution in [1.29, 1.82) is 0 Å². The van der Waals surface area contributed by atoms with Crippen molar-refractivity contribution in [3.05, 3.63) is 64.2 Å². The molecule has 0 radical (unpaired) electrons. The zero-order valence-corrected chi connectivity index (χ0v) is 14.3. The number of carbonyl (C=O) groups excluding carboxylic acids is 2. The first-order valence-electron chi connectivity index (χ1n) is 8.04. The molecule has 0 saturated heterocycles. The van der Waals surface area contributed by atoms with Gasteiger partial charge in [-0.05, 0) is 47.9 Å². The normalized spacial score (nSPS) is 13.1. The number of halogens is 1. The number of benzene rings is 2. The molecule has 4 nitrogen and oxygen atoms in total. The Morgan fingerprint density at radius 3 is 2.67 bits per heavy atom. The van der Waals surface area contributed by atoms with Crippen LogP contribution in [0.3, 0.4) is 0 Å². The first-order valence-corrected chi connectivity index (χ1v) is 8.42. The lowest BCUT2D eigenvalue weighted by Gasteiger charge is -2.16. The molecule has 124 valence electrons. The van der Waals surface area contributed by atoms with Crippen molar-refractivity contribution in [2.45, 2.75) is 26.3 Å². The highest BCUT2D eigenvalue weighted by Gasteiger charge is 2.27. The molecule has 0 fully saturated rings. The molecule has 2 aromatic carbocycles. The summed E-state index contributed by atoms with van der Waals surface area (Å²) in [5.41, 5.74) is 3.41. The van der Waals surface area contributed by atoms with Crippen LogP contribution in [0.4, 0.5) is 5.69 Å². The van der Waals surface area contributed by atoms with Gasteiger partial charge in [-0.2, -0.15) is 0 Å². The third-order valence-electron chi connectivity index (χ3n) is 4.09. The van der Waals surface area contributed by atoms with Gasteiger partial charge < -0.3 is 10.2 Å². The zero-order valence-electron chi connectivity index (χ0n) is 13.5. The maximum Gasteiger partial charge on any atom is 0.251 e. The van der Waals surface area contributed by atoms with Crippen LogP contribution in [0.1, 0.15) is 34.8 Å². The third kappa shape index (κ3) is 3.44. The Bertz CT molecular complexity index is 771. The van der Waals surface area contributed by atoms with E-state index < -0.39 is 0 Å². The summed E-state index contributed by atoms with van der Waals surface area (Å²) < 4.78 is 0. The summed E-state index contributed by atoms with van der Waals surface area (Å²) in [6, 6.07) is 12.8. The second-order valence-corrected chi connectivity index (χ2v) is 6.31. The van der Waals surface area contributed by atoms with E-state index >= 15 is 0 Å². The van der Waals surface area contributed by atoms with Crippen LogP contribution in [0, 0.1) is 0 Å². The molecule has 0 aliphatic carbocycles. The molecule has 24 heavy (non-hydrogen) atoms. The molecule has 1 aliphatic heterocycles. The Morgan fingerprint density at radius 2 is 1.96 bits per heavy atom. The van der Waals surface area contributed by atoms with E-state index in [1.165, 1.54) is 0 Å². The van der Waals surface area contributed by atoms with E-state index in [4.69, 9.17) is 11.6 Å². The minimum Gasteiger partial charge on any atom is -0.348 e. The van der Waals surface area contributed by atoms with Gasteiger partial charge in [-0.25, -0.2) is 0 Å². The maximum atomic E-state index is 12.3. The van der Waals surface area contributed by atoms with E-state index in [0.29, 0.717) is 30.1 Å². The van der Waals surface area contributed by atoms with Crippen LogP contribution in [0.5, 0.6) is 0 Å². The molecule has 1 heterocycles. The first-order chi connectivity index (χ1) is 11.6. The van der Waals surface area contributed by atoms with Crippen LogP contribution in [0.2, 0.25) is 5.02 Å². The fourth-order valence-corrected chi connectivity index (χ4v) is 3.01. The Balaban J connectivity index is 1.69. The van der Waals surface area contributed by atoms with E-state index in [1.807, 2.05) is 31.2 Å². The summed E-state index contributed by atoms with van der Waals surface area (Å²) >= 11 is 5.85. The maximum absolute atomic E-state index is 12.3. The number of carbonyl (C=O) groups is 2. The van der Waals surface area contributed by atoms with Gasteiger partial charge in [0.25, 0.3) is 5.91 Å². The van der Waals surface area contributed by atoms with E-state index in [2.05, 4.69) is 5.32 Å². The van der Waals surface area contributed by atoms with Crippen molar-refractivity contribution in [3.8, 4) is 0 Å². The van der Waals surface area contributed by atoms with Crippen molar-refractivity contribution in [2.75, 3.05) is 11.4 Å². The number of fused-ring (bicyclic) bond motifs is 1. The number of nitrogens with one attached hydrogen (secondary N) is 1. The average molecular weight is 343 g/mol. The minimum absolute atomic E-state index is 0.102. The van der Waals surface area contributed by atoms with Gasteiger partial charge >= 0.3 is 0 Å². The third-order valence-corrected chi connectivity index (χ3v) is 4.34. The Kier molecular flexibility index (Phi) is 4.86. The predicted molar refractivity (Wildman–Crippen MR) is 95.4 cm³/mol. The number of rotatable bonds is 5. The molecule has 1 aliphatic rings. The van der Waals surface area contributed by atoms with E-state index in [-0.39, 0.29) is 11.8 Å². The molecule has 3 rings (SSSR count). The van der Waals surface area contributed by atoms with Crippen molar-refractivity contribution in [1.82, 2.24) is 5.32 Å². The minimum atomic E-state index is -0.144. The van der Waals surface area contributed by atoms with Gasteiger partial charge in [0.2, 0.25) is 5.91 Å². The van der Waals surface area contributed by atoms with Gasteiger partial charge in [0.1, 0.15) is 0 Å². The largest absolute Gasteiger partial charge is 0.348 e. The molecule has 2 amide bonds. The zero-order chi connectivity index (χ0) is 17.1. The van der Waals surface area contributed by atoms with E-state index in [1.54, 1.807) is 23.1 Å². The van der Waals surface area contributed by atoms with Crippen LogP contribution in [0.25, 0.3) is 0 Å². The Hall–Kier alpha value is -2.33. The van der Waals surface area contributed by atoms with Gasteiger partial charge in [0.05, 0.1) is 6.42 Å². The summed E-state index contributed by atoms with van der Waals surface area (Å²) in [6.45, 7) is 3.20. The van der Waals surface area contributed by atoms with E-state index in [9.17, 15) is 9.59 Å². The van der Waals surface area contributed by atoms with Gasteiger partial charge in [-0.3, -0.25) is 9.59 Å². The summed E-state index contributed by atoms with van der Waals surface area (Å²) in [5.74, 6) is -0.0419. The highest BCUT2D eigenvalue weighted by atomic mass is 35.5. The molecular weight excluding hydrogens is 324 g/mol. The summed E-state index contributed by atoms with van der Waals surface area (Å²) in [7, 11) is 0. The van der Waals surface area contributed by atoms with Gasteiger partial charge in [0.15, 0.2) is 0 Å². The Morgan fingerprint density at radius 1 is 1.21 bits per heavy atom. The lowest BCUT2D eigenvalue weighted by molar-refractivity contribution is -0.117. The Labute approximate surface area is 146 Å². The average Bonchev–Trinajstić information content (AvgIpc) is 2.89. The molecule has 0 saturated carbocycles. The van der Waals surface area contributed by atoms with Crippen molar-refractivity contribution < 1.29 is 9.59 Å². The number of amides is 2. The smallest absolute Gasteiger partial charge is 0.251 e. The number of nitrogens with zero attached hydrogens (tertiary/aromatic N) is 1. The van der Waals surface area contributed by atoms with Crippen LogP contribution in [-0.4, -0.2) is 18.4 Å². The second kappa shape index (κ2) is 7.05. The molecule has 2 aromatic rings. The van der Waals surface area contributed by atoms with Crippen LogP contribution in [-0.2, 0) is 17.8 Å². The van der Waals surface area contributed by atoms with E-state index in [0.717, 1.165) is 23.2 Å². The standard InChI is InChI=1S/C19H19ClN2O2/c1-2-9-22-17-8-5-14(10-15(17)11-18(22)23)19(24)21-12-13-3-6-16(20)7-4-13/h3-8,10H,2,9,11-12H2,1H3,(H,21,24). The fourth-order valence-electron chi connectivity index (χ4n) is 2.88. The summed E-state index contributed by atoms with van der Waals surface area (Å²) in [5, 5.41) is 3.56. The van der Waals surface area contributed by atoms with Gasteiger partial charge in [0, 0.05) is 29.4 Å². The molecule has 0 bridgehead atoms. The lowest BCUT2D eigenvalue weighted by Crippen LogP contribution is -2.27. The van der Waals surface area contributed by atoms with Crippen LogP contribution in [0.15, 0.2) is 42.5 Å². The highest BCUT2D eigenvalue weighted by Crippen LogP contribution is 2.29. The molecule has 0 aromatic heterocycles. The monoisotopic (exact) mass is 342 g/mol. The van der Waals surface area contributed by atoms with Gasteiger partial charge in [-0.15, -0.1) is 0 Å². The van der Waals surface area contributed by atoms with Crippen LogP contribution < -0.4 is 10.2 Å². The highest BCUT2D eigenvalue weighted by molar-refractivity contribution is 6.30. The molecular formula is C19H19ClN2O2. The summed E-state index contributed by atoms with van der Waals surface area (Å²) in [4.78, 5) is 26.2. The number of hydrogen-bond donors (Lipinski definition) is 1.